The Morgan fingerprint density at radius 1 is 1.56 bits per heavy atom. The molecule has 0 bridgehead atoms. The van der Waals surface area contributed by atoms with Gasteiger partial charge in [-0.2, -0.15) is 5.10 Å². The van der Waals surface area contributed by atoms with E-state index in [1.807, 2.05) is 18.3 Å². The van der Waals surface area contributed by atoms with Crippen LogP contribution < -0.4 is 4.74 Å². The average Bonchev–Trinajstić information content (AvgIpc) is 2.96. The molecule has 0 aliphatic carbocycles. The summed E-state index contributed by atoms with van der Waals surface area (Å²) in [6.45, 7) is 1.52. The molecule has 2 aromatic rings. The Bertz CT molecular complexity index is 503. The first kappa shape index (κ1) is 9.59. The molecule has 3 heterocycles. The van der Waals surface area contributed by atoms with E-state index in [4.69, 9.17) is 9.47 Å². The molecule has 5 nitrogen and oxygen atoms in total. The van der Waals surface area contributed by atoms with Crippen LogP contribution >= 0.6 is 0 Å². The van der Waals surface area contributed by atoms with Crippen molar-refractivity contribution in [1.82, 2.24) is 14.6 Å². The van der Waals surface area contributed by atoms with E-state index < -0.39 is 0 Å². The van der Waals surface area contributed by atoms with Crippen LogP contribution in [0.1, 0.15) is 18.2 Å². The Morgan fingerprint density at radius 3 is 3.25 bits per heavy atom. The standard InChI is InChI=1S/C11H13N3O2/c1-15-9-3-2-5-14-11(9)12-10(13-14)8-4-6-16-7-8/h2-3,5,8H,4,6-7H2,1H3. The van der Waals surface area contributed by atoms with Gasteiger partial charge in [0.2, 0.25) is 0 Å². The molecule has 0 saturated carbocycles. The van der Waals surface area contributed by atoms with Crippen LogP contribution in [0, 0.1) is 0 Å². The van der Waals surface area contributed by atoms with Crippen molar-refractivity contribution in [2.45, 2.75) is 12.3 Å². The summed E-state index contributed by atoms with van der Waals surface area (Å²) in [6, 6.07) is 3.79. The summed E-state index contributed by atoms with van der Waals surface area (Å²) >= 11 is 0. The van der Waals surface area contributed by atoms with Gasteiger partial charge in [-0.25, -0.2) is 9.50 Å². The van der Waals surface area contributed by atoms with Gasteiger partial charge >= 0.3 is 0 Å². The van der Waals surface area contributed by atoms with Crippen molar-refractivity contribution in [3.8, 4) is 5.75 Å². The van der Waals surface area contributed by atoms with Crippen molar-refractivity contribution in [2.24, 2.45) is 0 Å². The van der Waals surface area contributed by atoms with E-state index in [-0.39, 0.29) is 0 Å². The van der Waals surface area contributed by atoms with Gasteiger partial charge in [-0.15, -0.1) is 0 Å². The van der Waals surface area contributed by atoms with Crippen molar-refractivity contribution < 1.29 is 9.47 Å². The summed E-state index contributed by atoms with van der Waals surface area (Å²) in [5.74, 6) is 1.92. The molecule has 1 aliphatic rings. The summed E-state index contributed by atoms with van der Waals surface area (Å²) < 4.78 is 12.3. The number of hydrogen-bond donors (Lipinski definition) is 0. The highest BCUT2D eigenvalue weighted by atomic mass is 16.5. The predicted octanol–water partition coefficient (Wildman–Crippen LogP) is 1.24. The summed E-state index contributed by atoms with van der Waals surface area (Å²) in [6.07, 6.45) is 2.88. The third-order valence-electron chi connectivity index (χ3n) is 2.86. The third kappa shape index (κ3) is 1.44. The lowest BCUT2D eigenvalue weighted by molar-refractivity contribution is 0.193. The van der Waals surface area contributed by atoms with E-state index in [0.717, 1.165) is 36.9 Å². The summed E-state index contributed by atoms with van der Waals surface area (Å²) in [5.41, 5.74) is 0.770. The molecule has 1 atom stereocenters. The lowest BCUT2D eigenvalue weighted by Gasteiger charge is -1.98. The van der Waals surface area contributed by atoms with Crippen LogP contribution in [0.3, 0.4) is 0 Å². The van der Waals surface area contributed by atoms with Gasteiger partial charge in [0.1, 0.15) is 0 Å². The second-order valence-corrected chi connectivity index (χ2v) is 3.88. The molecule has 1 fully saturated rings. The summed E-state index contributed by atoms with van der Waals surface area (Å²) in [7, 11) is 1.64. The molecule has 2 aromatic heterocycles. The largest absolute Gasteiger partial charge is 0.493 e. The van der Waals surface area contributed by atoms with Crippen molar-refractivity contribution in [3.05, 3.63) is 24.2 Å². The molecule has 16 heavy (non-hydrogen) atoms. The first-order chi connectivity index (χ1) is 7.88. The number of methoxy groups -OCH3 is 1. The van der Waals surface area contributed by atoms with E-state index >= 15 is 0 Å². The molecule has 0 amide bonds. The molecule has 0 spiro atoms. The normalized spacial score (nSPS) is 20.4. The van der Waals surface area contributed by atoms with E-state index in [9.17, 15) is 0 Å². The summed E-state index contributed by atoms with van der Waals surface area (Å²) in [5, 5.41) is 4.45. The van der Waals surface area contributed by atoms with Gasteiger partial charge in [-0.1, -0.05) is 0 Å². The number of aromatic nitrogens is 3. The Morgan fingerprint density at radius 2 is 2.50 bits per heavy atom. The topological polar surface area (TPSA) is 48.7 Å². The fraction of sp³-hybridized carbons (Fsp3) is 0.455. The van der Waals surface area contributed by atoms with Crippen LogP contribution in [0.15, 0.2) is 18.3 Å². The minimum absolute atomic E-state index is 0.324. The second-order valence-electron chi connectivity index (χ2n) is 3.88. The molecule has 5 heteroatoms. The number of nitrogens with zero attached hydrogens (tertiary/aromatic N) is 3. The molecular weight excluding hydrogens is 206 g/mol. The Hall–Kier alpha value is -1.62. The van der Waals surface area contributed by atoms with Gasteiger partial charge in [-0.3, -0.25) is 0 Å². The zero-order valence-electron chi connectivity index (χ0n) is 9.09. The lowest BCUT2D eigenvalue weighted by Crippen LogP contribution is -2.00. The van der Waals surface area contributed by atoms with Crippen LogP contribution in [-0.4, -0.2) is 34.9 Å². The van der Waals surface area contributed by atoms with E-state index in [1.54, 1.807) is 11.6 Å². The highest BCUT2D eigenvalue weighted by molar-refractivity contribution is 5.52. The molecule has 1 saturated heterocycles. The molecule has 1 aliphatic heterocycles. The van der Waals surface area contributed by atoms with Crippen LogP contribution in [0.25, 0.3) is 5.65 Å². The number of rotatable bonds is 2. The molecular formula is C11H13N3O2. The quantitative estimate of drug-likeness (QED) is 0.762. The lowest BCUT2D eigenvalue weighted by atomic mass is 10.1. The Kier molecular flexibility index (Phi) is 2.25. The average molecular weight is 219 g/mol. The maximum absolute atomic E-state index is 5.34. The molecule has 0 aromatic carbocycles. The minimum atomic E-state index is 0.324. The molecule has 0 N–H and O–H groups in total. The van der Waals surface area contributed by atoms with E-state index in [2.05, 4.69) is 10.1 Å². The van der Waals surface area contributed by atoms with Crippen molar-refractivity contribution in [3.63, 3.8) is 0 Å². The zero-order chi connectivity index (χ0) is 11.0. The highest BCUT2D eigenvalue weighted by Crippen LogP contribution is 2.25. The molecule has 3 rings (SSSR count). The Balaban J connectivity index is 2.07. The van der Waals surface area contributed by atoms with Crippen LogP contribution in [-0.2, 0) is 4.74 Å². The van der Waals surface area contributed by atoms with E-state index in [0.29, 0.717) is 5.92 Å². The number of fused-ring (bicyclic) bond motifs is 1. The fourth-order valence-electron chi connectivity index (χ4n) is 1.97. The molecule has 0 radical (unpaired) electrons. The van der Waals surface area contributed by atoms with Crippen LogP contribution in [0.4, 0.5) is 0 Å². The Labute approximate surface area is 93.0 Å². The van der Waals surface area contributed by atoms with Crippen molar-refractivity contribution in [1.29, 1.82) is 0 Å². The number of pyridine rings is 1. The highest BCUT2D eigenvalue weighted by Gasteiger charge is 2.22. The maximum Gasteiger partial charge on any atom is 0.198 e. The molecule has 1 unspecified atom stereocenters. The SMILES string of the molecule is COc1cccn2nc(C3CCOC3)nc12. The maximum atomic E-state index is 5.34. The van der Waals surface area contributed by atoms with Gasteiger partial charge in [0.05, 0.1) is 13.7 Å². The van der Waals surface area contributed by atoms with Crippen LogP contribution in [0.2, 0.25) is 0 Å². The third-order valence-corrected chi connectivity index (χ3v) is 2.86. The van der Waals surface area contributed by atoms with Crippen molar-refractivity contribution in [2.75, 3.05) is 20.3 Å². The van der Waals surface area contributed by atoms with Gasteiger partial charge in [-0.05, 0) is 18.6 Å². The zero-order valence-corrected chi connectivity index (χ0v) is 9.09. The van der Waals surface area contributed by atoms with Crippen LogP contribution in [0.5, 0.6) is 5.75 Å². The number of ether oxygens (including phenoxy) is 2. The molecule has 84 valence electrons. The number of hydrogen-bond acceptors (Lipinski definition) is 4. The first-order valence-corrected chi connectivity index (χ1v) is 5.35. The first-order valence-electron chi connectivity index (χ1n) is 5.35. The van der Waals surface area contributed by atoms with E-state index in [1.165, 1.54) is 0 Å². The van der Waals surface area contributed by atoms with Gasteiger partial charge in [0, 0.05) is 18.7 Å². The van der Waals surface area contributed by atoms with Gasteiger partial charge < -0.3 is 9.47 Å². The predicted molar refractivity (Wildman–Crippen MR) is 57.7 cm³/mol. The smallest absolute Gasteiger partial charge is 0.198 e. The second kappa shape index (κ2) is 3.75. The monoisotopic (exact) mass is 219 g/mol. The minimum Gasteiger partial charge on any atom is -0.493 e. The van der Waals surface area contributed by atoms with Crippen molar-refractivity contribution >= 4 is 5.65 Å². The van der Waals surface area contributed by atoms with Gasteiger partial charge in [0.25, 0.3) is 0 Å². The van der Waals surface area contributed by atoms with Gasteiger partial charge in [0.15, 0.2) is 17.2 Å². The fourth-order valence-corrected chi connectivity index (χ4v) is 1.97. The summed E-state index contributed by atoms with van der Waals surface area (Å²) in [4.78, 5) is 4.51.